The Labute approximate surface area is 140 Å². The van der Waals surface area contributed by atoms with Crippen LogP contribution in [0.4, 0.5) is 0 Å². The monoisotopic (exact) mass is 346 g/mol. The van der Waals surface area contributed by atoms with Gasteiger partial charge in [0.05, 0.1) is 23.2 Å². The third kappa shape index (κ3) is 6.64. The predicted molar refractivity (Wildman–Crippen MR) is 87.3 cm³/mol. The second-order valence-electron chi connectivity index (χ2n) is 5.30. The van der Waals surface area contributed by atoms with Gasteiger partial charge in [0.1, 0.15) is 0 Å². The van der Waals surface area contributed by atoms with Gasteiger partial charge in [-0.15, -0.1) is 0 Å². The molecule has 1 aromatic carbocycles. The third-order valence-corrected chi connectivity index (χ3v) is 3.52. The maximum Gasteiger partial charge on any atom is 0.253 e. The number of halogens is 2. The van der Waals surface area contributed by atoms with E-state index in [2.05, 4.69) is 10.6 Å². The van der Waals surface area contributed by atoms with Gasteiger partial charge in [-0.25, -0.2) is 0 Å². The van der Waals surface area contributed by atoms with Crippen LogP contribution in [-0.2, 0) is 4.79 Å². The lowest BCUT2D eigenvalue weighted by Gasteiger charge is -2.14. The molecule has 0 radical (unpaired) electrons. The van der Waals surface area contributed by atoms with Gasteiger partial charge in [0.15, 0.2) is 0 Å². The van der Waals surface area contributed by atoms with Gasteiger partial charge in [0, 0.05) is 11.6 Å². The molecule has 0 aliphatic heterocycles. The zero-order valence-corrected chi connectivity index (χ0v) is 14.0. The van der Waals surface area contributed by atoms with Crippen LogP contribution in [0.15, 0.2) is 18.2 Å². The summed E-state index contributed by atoms with van der Waals surface area (Å²) < 4.78 is 0. The van der Waals surface area contributed by atoms with Crippen LogP contribution < -0.4 is 10.6 Å². The standard InChI is InChI=1S/C15H20Cl2N2O3/c1-9(5-10(2)20)7-18-14(21)8-19-15(22)12-4-3-11(16)6-13(12)17/h3-4,6,9-10,20H,5,7-8H2,1-2H3,(H,18,21)(H,19,22). The van der Waals surface area contributed by atoms with Crippen molar-refractivity contribution in [2.24, 2.45) is 5.92 Å². The summed E-state index contributed by atoms with van der Waals surface area (Å²) in [7, 11) is 0. The van der Waals surface area contributed by atoms with Crippen molar-refractivity contribution in [2.45, 2.75) is 26.4 Å². The van der Waals surface area contributed by atoms with E-state index in [0.717, 1.165) is 0 Å². The molecule has 22 heavy (non-hydrogen) atoms. The van der Waals surface area contributed by atoms with E-state index < -0.39 is 12.0 Å². The lowest BCUT2D eigenvalue weighted by Crippen LogP contribution is -2.39. The average Bonchev–Trinajstić information content (AvgIpc) is 2.41. The topological polar surface area (TPSA) is 78.4 Å². The van der Waals surface area contributed by atoms with E-state index in [0.29, 0.717) is 18.0 Å². The first-order valence-corrected chi connectivity index (χ1v) is 7.73. The molecule has 0 aliphatic rings. The summed E-state index contributed by atoms with van der Waals surface area (Å²) in [5.41, 5.74) is 0.265. The quantitative estimate of drug-likeness (QED) is 0.708. The van der Waals surface area contributed by atoms with Crippen molar-refractivity contribution >= 4 is 35.0 Å². The predicted octanol–water partition coefficient (Wildman–Crippen LogP) is 2.25. The highest BCUT2D eigenvalue weighted by Gasteiger charge is 2.13. The summed E-state index contributed by atoms with van der Waals surface area (Å²) in [5.74, 6) is -0.574. The van der Waals surface area contributed by atoms with Crippen molar-refractivity contribution in [1.29, 1.82) is 0 Å². The molecule has 7 heteroatoms. The molecular weight excluding hydrogens is 327 g/mol. The normalized spacial score (nSPS) is 13.3. The number of rotatable bonds is 7. The Kier molecular flexibility index (Phi) is 7.65. The van der Waals surface area contributed by atoms with E-state index in [1.807, 2.05) is 6.92 Å². The van der Waals surface area contributed by atoms with Crippen molar-refractivity contribution in [3.63, 3.8) is 0 Å². The Morgan fingerprint density at radius 3 is 2.50 bits per heavy atom. The Bertz CT molecular complexity index is 536. The fourth-order valence-corrected chi connectivity index (χ4v) is 2.44. The first-order chi connectivity index (χ1) is 10.3. The number of hydrogen-bond donors (Lipinski definition) is 3. The minimum atomic E-state index is -0.436. The van der Waals surface area contributed by atoms with E-state index in [4.69, 9.17) is 23.2 Å². The van der Waals surface area contributed by atoms with Crippen LogP contribution in [0, 0.1) is 5.92 Å². The number of amides is 2. The van der Waals surface area contributed by atoms with Crippen molar-refractivity contribution in [3.8, 4) is 0 Å². The average molecular weight is 347 g/mol. The van der Waals surface area contributed by atoms with Gasteiger partial charge in [0.25, 0.3) is 5.91 Å². The van der Waals surface area contributed by atoms with Gasteiger partial charge in [0.2, 0.25) is 5.91 Å². The second kappa shape index (κ2) is 8.98. The van der Waals surface area contributed by atoms with Crippen LogP contribution in [0.2, 0.25) is 10.0 Å². The van der Waals surface area contributed by atoms with Crippen molar-refractivity contribution < 1.29 is 14.7 Å². The maximum atomic E-state index is 11.9. The Morgan fingerprint density at radius 1 is 1.23 bits per heavy atom. The molecule has 2 unspecified atom stereocenters. The van der Waals surface area contributed by atoms with E-state index in [-0.39, 0.29) is 29.0 Å². The number of hydrogen-bond acceptors (Lipinski definition) is 3. The first-order valence-electron chi connectivity index (χ1n) is 6.97. The number of benzene rings is 1. The molecule has 0 aromatic heterocycles. The summed E-state index contributed by atoms with van der Waals surface area (Å²) in [6.45, 7) is 3.94. The third-order valence-electron chi connectivity index (χ3n) is 2.98. The molecule has 122 valence electrons. The molecule has 2 atom stereocenters. The lowest BCUT2D eigenvalue weighted by atomic mass is 10.1. The van der Waals surface area contributed by atoms with Crippen molar-refractivity contribution in [3.05, 3.63) is 33.8 Å². The lowest BCUT2D eigenvalue weighted by molar-refractivity contribution is -0.120. The molecule has 0 spiro atoms. The Hall–Kier alpha value is -1.30. The zero-order valence-electron chi connectivity index (χ0n) is 12.5. The van der Waals surface area contributed by atoms with E-state index in [1.165, 1.54) is 12.1 Å². The summed E-state index contributed by atoms with van der Waals surface area (Å²) in [6.07, 6.45) is 0.200. The van der Waals surface area contributed by atoms with Crippen LogP contribution in [0.3, 0.4) is 0 Å². The minimum Gasteiger partial charge on any atom is -0.393 e. The van der Waals surface area contributed by atoms with Crippen LogP contribution in [0.25, 0.3) is 0 Å². The molecule has 0 saturated carbocycles. The van der Waals surface area contributed by atoms with Crippen molar-refractivity contribution in [2.75, 3.05) is 13.1 Å². The number of carbonyl (C=O) groups is 2. The molecule has 1 rings (SSSR count). The summed E-state index contributed by atoms with van der Waals surface area (Å²) >= 11 is 11.7. The van der Waals surface area contributed by atoms with Crippen LogP contribution >= 0.6 is 23.2 Å². The largest absolute Gasteiger partial charge is 0.393 e. The highest BCUT2D eigenvalue weighted by molar-refractivity contribution is 6.36. The highest BCUT2D eigenvalue weighted by Crippen LogP contribution is 2.20. The van der Waals surface area contributed by atoms with Crippen LogP contribution in [0.5, 0.6) is 0 Å². The molecule has 5 nitrogen and oxygen atoms in total. The van der Waals surface area contributed by atoms with E-state index in [1.54, 1.807) is 13.0 Å². The molecule has 0 bridgehead atoms. The molecule has 2 amide bonds. The molecule has 0 heterocycles. The molecule has 1 aromatic rings. The SMILES string of the molecule is CC(O)CC(C)CNC(=O)CNC(=O)c1ccc(Cl)cc1Cl. The molecule has 0 aliphatic carbocycles. The molecular formula is C15H20Cl2N2O3. The molecule has 3 N–H and O–H groups in total. The van der Waals surface area contributed by atoms with Gasteiger partial charge in [-0.1, -0.05) is 30.1 Å². The Balaban J connectivity index is 2.39. The smallest absolute Gasteiger partial charge is 0.253 e. The number of aliphatic hydroxyl groups excluding tert-OH is 1. The van der Waals surface area contributed by atoms with E-state index in [9.17, 15) is 14.7 Å². The summed E-state index contributed by atoms with van der Waals surface area (Å²) in [4.78, 5) is 23.6. The maximum absolute atomic E-state index is 11.9. The van der Waals surface area contributed by atoms with Crippen LogP contribution in [-0.4, -0.2) is 36.1 Å². The van der Waals surface area contributed by atoms with Crippen LogP contribution in [0.1, 0.15) is 30.6 Å². The van der Waals surface area contributed by atoms with Gasteiger partial charge >= 0.3 is 0 Å². The molecule has 0 saturated heterocycles. The van der Waals surface area contributed by atoms with Gasteiger partial charge < -0.3 is 15.7 Å². The molecule has 0 fully saturated rings. The van der Waals surface area contributed by atoms with Crippen molar-refractivity contribution in [1.82, 2.24) is 10.6 Å². The minimum absolute atomic E-state index is 0.140. The number of aliphatic hydroxyl groups is 1. The van der Waals surface area contributed by atoms with E-state index >= 15 is 0 Å². The summed E-state index contributed by atoms with van der Waals surface area (Å²) in [5, 5.41) is 15.1. The number of carbonyl (C=O) groups excluding carboxylic acids is 2. The highest BCUT2D eigenvalue weighted by atomic mass is 35.5. The zero-order chi connectivity index (χ0) is 16.7. The second-order valence-corrected chi connectivity index (χ2v) is 6.14. The van der Waals surface area contributed by atoms with Gasteiger partial charge in [-0.2, -0.15) is 0 Å². The van der Waals surface area contributed by atoms with Gasteiger partial charge in [-0.05, 0) is 37.5 Å². The first kappa shape index (κ1) is 18.7. The Morgan fingerprint density at radius 2 is 1.91 bits per heavy atom. The van der Waals surface area contributed by atoms with Gasteiger partial charge in [-0.3, -0.25) is 9.59 Å². The summed E-state index contributed by atoms with van der Waals surface area (Å²) in [6, 6.07) is 4.53. The fraction of sp³-hybridized carbons (Fsp3) is 0.467. The fourth-order valence-electron chi connectivity index (χ4n) is 1.95. The number of nitrogens with one attached hydrogen (secondary N) is 2.